The van der Waals surface area contributed by atoms with Gasteiger partial charge in [0.05, 0.1) is 19.1 Å². The first-order valence-electron chi connectivity index (χ1n) is 7.47. The van der Waals surface area contributed by atoms with Gasteiger partial charge < -0.3 is 20.5 Å². The fourth-order valence-electron chi connectivity index (χ4n) is 2.86. The van der Waals surface area contributed by atoms with Crippen molar-refractivity contribution < 1.29 is 14.3 Å². The van der Waals surface area contributed by atoms with Crippen LogP contribution in [0.2, 0.25) is 0 Å². The zero-order chi connectivity index (χ0) is 15.3. The molecular formula is C16H24N2O3. The van der Waals surface area contributed by atoms with Crippen molar-refractivity contribution in [3.63, 3.8) is 0 Å². The molecule has 0 aromatic heterocycles. The molecule has 0 radical (unpaired) electrons. The van der Waals surface area contributed by atoms with Crippen molar-refractivity contribution in [3.8, 4) is 11.5 Å². The Bertz CT molecular complexity index is 496. The molecule has 1 aromatic rings. The third kappa shape index (κ3) is 3.29. The van der Waals surface area contributed by atoms with Gasteiger partial charge in [-0.2, -0.15) is 0 Å². The first-order chi connectivity index (χ1) is 10.1. The minimum Gasteiger partial charge on any atom is -0.493 e. The molecule has 1 amide bonds. The molecule has 2 rings (SSSR count). The van der Waals surface area contributed by atoms with Gasteiger partial charge in [-0.1, -0.05) is 12.8 Å². The standard InChI is InChI=1S/C16H24N2O3/c1-3-21-14-10-12(6-7-13(14)20-2)18-15(19)16(11-17)8-4-5-9-16/h6-7,10H,3-5,8-9,11,17H2,1-2H3,(H,18,19). The van der Waals surface area contributed by atoms with Crippen molar-refractivity contribution in [2.75, 3.05) is 25.6 Å². The van der Waals surface area contributed by atoms with Crippen LogP contribution in [0.5, 0.6) is 11.5 Å². The minimum absolute atomic E-state index is 0.00937. The summed E-state index contributed by atoms with van der Waals surface area (Å²) in [4.78, 5) is 12.5. The monoisotopic (exact) mass is 292 g/mol. The van der Waals surface area contributed by atoms with Crippen molar-refractivity contribution >= 4 is 11.6 Å². The van der Waals surface area contributed by atoms with Crippen LogP contribution < -0.4 is 20.5 Å². The molecule has 5 nitrogen and oxygen atoms in total. The smallest absolute Gasteiger partial charge is 0.231 e. The number of rotatable bonds is 6. The Morgan fingerprint density at radius 3 is 2.62 bits per heavy atom. The summed E-state index contributed by atoms with van der Waals surface area (Å²) in [5.41, 5.74) is 6.14. The predicted octanol–water partition coefficient (Wildman–Crippen LogP) is 2.55. The van der Waals surface area contributed by atoms with E-state index in [1.54, 1.807) is 19.2 Å². The Balaban J connectivity index is 2.15. The quantitative estimate of drug-likeness (QED) is 0.845. The van der Waals surface area contributed by atoms with Gasteiger partial charge in [0.25, 0.3) is 0 Å². The van der Waals surface area contributed by atoms with E-state index in [1.807, 2.05) is 13.0 Å². The van der Waals surface area contributed by atoms with E-state index in [1.165, 1.54) is 0 Å². The Labute approximate surface area is 125 Å². The van der Waals surface area contributed by atoms with Crippen molar-refractivity contribution in [2.45, 2.75) is 32.6 Å². The van der Waals surface area contributed by atoms with E-state index < -0.39 is 5.41 Å². The lowest BCUT2D eigenvalue weighted by Crippen LogP contribution is -2.40. The number of ether oxygens (including phenoxy) is 2. The summed E-state index contributed by atoms with van der Waals surface area (Å²) in [6, 6.07) is 5.40. The van der Waals surface area contributed by atoms with Gasteiger partial charge in [0.15, 0.2) is 11.5 Å². The fraction of sp³-hybridized carbons (Fsp3) is 0.562. The second kappa shape index (κ2) is 6.80. The SMILES string of the molecule is CCOc1cc(NC(=O)C2(CN)CCCC2)ccc1OC. The molecule has 1 aliphatic carbocycles. The summed E-state index contributed by atoms with van der Waals surface area (Å²) < 4.78 is 10.8. The number of amides is 1. The number of anilines is 1. The molecule has 0 atom stereocenters. The van der Waals surface area contributed by atoms with E-state index in [9.17, 15) is 4.79 Å². The molecule has 0 unspecified atom stereocenters. The van der Waals surface area contributed by atoms with Gasteiger partial charge in [0.2, 0.25) is 5.91 Å². The number of carbonyl (C=O) groups excluding carboxylic acids is 1. The van der Waals surface area contributed by atoms with E-state index in [0.717, 1.165) is 25.7 Å². The van der Waals surface area contributed by atoms with Gasteiger partial charge in [-0.3, -0.25) is 4.79 Å². The van der Waals surface area contributed by atoms with Crippen LogP contribution in [0, 0.1) is 5.41 Å². The van der Waals surface area contributed by atoms with E-state index >= 15 is 0 Å². The van der Waals surface area contributed by atoms with Gasteiger partial charge in [-0.15, -0.1) is 0 Å². The van der Waals surface area contributed by atoms with Gasteiger partial charge >= 0.3 is 0 Å². The van der Waals surface area contributed by atoms with Crippen molar-refractivity contribution in [3.05, 3.63) is 18.2 Å². The molecule has 21 heavy (non-hydrogen) atoms. The maximum absolute atomic E-state index is 12.5. The summed E-state index contributed by atoms with van der Waals surface area (Å²) in [5, 5.41) is 2.97. The molecule has 1 saturated carbocycles. The normalized spacial score (nSPS) is 16.5. The van der Waals surface area contributed by atoms with Crippen LogP contribution in [0.4, 0.5) is 5.69 Å². The lowest BCUT2D eigenvalue weighted by atomic mass is 9.85. The number of hydrogen-bond donors (Lipinski definition) is 2. The third-order valence-corrected chi connectivity index (χ3v) is 4.15. The first-order valence-corrected chi connectivity index (χ1v) is 7.47. The van der Waals surface area contributed by atoms with E-state index in [2.05, 4.69) is 5.32 Å². The number of carbonyl (C=O) groups is 1. The Hall–Kier alpha value is -1.75. The molecule has 1 aliphatic rings. The fourth-order valence-corrected chi connectivity index (χ4v) is 2.86. The average Bonchev–Trinajstić information content (AvgIpc) is 2.98. The highest BCUT2D eigenvalue weighted by molar-refractivity contribution is 5.96. The molecule has 0 heterocycles. The average molecular weight is 292 g/mol. The maximum atomic E-state index is 12.5. The lowest BCUT2D eigenvalue weighted by molar-refractivity contribution is -0.124. The van der Waals surface area contributed by atoms with Crippen LogP contribution in [-0.2, 0) is 4.79 Å². The Morgan fingerprint density at radius 1 is 1.33 bits per heavy atom. The minimum atomic E-state index is -0.411. The highest BCUT2D eigenvalue weighted by Gasteiger charge is 2.39. The highest BCUT2D eigenvalue weighted by atomic mass is 16.5. The molecule has 3 N–H and O–H groups in total. The van der Waals surface area contributed by atoms with Crippen LogP contribution in [0.15, 0.2) is 18.2 Å². The molecule has 5 heteroatoms. The largest absolute Gasteiger partial charge is 0.493 e. The molecule has 0 bridgehead atoms. The van der Waals surface area contributed by atoms with Crippen LogP contribution in [0.25, 0.3) is 0 Å². The molecule has 1 fully saturated rings. The van der Waals surface area contributed by atoms with Crippen LogP contribution >= 0.6 is 0 Å². The molecular weight excluding hydrogens is 268 g/mol. The number of nitrogens with one attached hydrogen (secondary N) is 1. The van der Waals surface area contributed by atoms with E-state index in [0.29, 0.717) is 30.3 Å². The summed E-state index contributed by atoms with van der Waals surface area (Å²) in [7, 11) is 1.60. The van der Waals surface area contributed by atoms with E-state index in [-0.39, 0.29) is 5.91 Å². The number of nitrogens with two attached hydrogens (primary N) is 1. The second-order valence-electron chi connectivity index (χ2n) is 5.44. The Morgan fingerprint density at radius 2 is 2.05 bits per heavy atom. The van der Waals surface area contributed by atoms with Gasteiger partial charge in [0, 0.05) is 18.3 Å². The number of methoxy groups -OCH3 is 1. The lowest BCUT2D eigenvalue weighted by Gasteiger charge is -2.25. The topological polar surface area (TPSA) is 73.6 Å². The summed E-state index contributed by atoms with van der Waals surface area (Å²) in [5.74, 6) is 1.30. The van der Waals surface area contributed by atoms with E-state index in [4.69, 9.17) is 15.2 Å². The zero-order valence-electron chi connectivity index (χ0n) is 12.8. The summed E-state index contributed by atoms with van der Waals surface area (Å²) in [6.45, 7) is 2.85. The molecule has 0 spiro atoms. The summed E-state index contributed by atoms with van der Waals surface area (Å²) in [6.07, 6.45) is 3.86. The maximum Gasteiger partial charge on any atom is 0.231 e. The zero-order valence-corrected chi connectivity index (χ0v) is 12.8. The highest BCUT2D eigenvalue weighted by Crippen LogP contribution is 2.38. The van der Waals surface area contributed by atoms with Gasteiger partial charge in [-0.05, 0) is 31.9 Å². The van der Waals surface area contributed by atoms with Crippen molar-refractivity contribution in [1.29, 1.82) is 0 Å². The second-order valence-corrected chi connectivity index (χ2v) is 5.44. The summed E-state index contributed by atoms with van der Waals surface area (Å²) >= 11 is 0. The molecule has 0 saturated heterocycles. The van der Waals surface area contributed by atoms with Crippen molar-refractivity contribution in [2.24, 2.45) is 11.1 Å². The molecule has 1 aromatic carbocycles. The predicted molar refractivity (Wildman–Crippen MR) is 82.7 cm³/mol. The van der Waals surface area contributed by atoms with Crippen LogP contribution in [-0.4, -0.2) is 26.2 Å². The molecule has 0 aliphatic heterocycles. The van der Waals surface area contributed by atoms with Gasteiger partial charge in [-0.25, -0.2) is 0 Å². The Kier molecular flexibility index (Phi) is 5.07. The van der Waals surface area contributed by atoms with Crippen LogP contribution in [0.1, 0.15) is 32.6 Å². The molecule has 116 valence electrons. The first kappa shape index (κ1) is 15.6. The van der Waals surface area contributed by atoms with Gasteiger partial charge in [0.1, 0.15) is 0 Å². The van der Waals surface area contributed by atoms with Crippen LogP contribution in [0.3, 0.4) is 0 Å². The number of benzene rings is 1. The van der Waals surface area contributed by atoms with Crippen molar-refractivity contribution in [1.82, 2.24) is 0 Å². The third-order valence-electron chi connectivity index (χ3n) is 4.15. The number of hydrogen-bond acceptors (Lipinski definition) is 4.